The van der Waals surface area contributed by atoms with E-state index in [4.69, 9.17) is 11.5 Å². The number of carboxylic acid groups (broad SMARTS) is 1. The highest BCUT2D eigenvalue weighted by Gasteiger charge is 2.38. The van der Waals surface area contributed by atoms with E-state index in [9.17, 15) is 34.2 Å². The van der Waals surface area contributed by atoms with Crippen molar-refractivity contribution in [1.29, 1.82) is 0 Å². The SMILES string of the molecule is CC(C)C[C@H](NC(=O)[C@H](Cc1ccc(O)cc1)NC(=O)[C@@H]1CCCN1C(=O)[C@@H](N)C(C)C)C(=O)N[C@@H](CCCCN)C(=O)O. The fourth-order valence-corrected chi connectivity index (χ4v) is 5.12. The number of carboxylic acids is 1. The van der Waals surface area contributed by atoms with Crippen molar-refractivity contribution in [1.82, 2.24) is 20.9 Å². The molecule has 0 aromatic heterocycles. The molecule has 0 aliphatic carbocycles. The Balaban J connectivity index is 2.28. The lowest BCUT2D eigenvalue weighted by Gasteiger charge is -2.30. The molecule has 0 spiro atoms. The Kier molecular flexibility index (Phi) is 14.6. The summed E-state index contributed by atoms with van der Waals surface area (Å²) in [6.07, 6.45) is 2.60. The number of benzene rings is 1. The first-order valence-electron chi connectivity index (χ1n) is 15.4. The summed E-state index contributed by atoms with van der Waals surface area (Å²) in [7, 11) is 0. The first-order chi connectivity index (χ1) is 20.7. The predicted molar refractivity (Wildman–Crippen MR) is 165 cm³/mol. The van der Waals surface area contributed by atoms with Crippen LogP contribution in [0.5, 0.6) is 5.75 Å². The van der Waals surface area contributed by atoms with Crippen LogP contribution in [-0.4, -0.2) is 88.0 Å². The molecule has 1 fully saturated rings. The van der Waals surface area contributed by atoms with Gasteiger partial charge in [-0.3, -0.25) is 19.2 Å². The summed E-state index contributed by atoms with van der Waals surface area (Å²) in [6, 6.07) is 1.25. The van der Waals surface area contributed by atoms with Gasteiger partial charge in [-0.1, -0.05) is 39.8 Å². The number of likely N-dealkylation sites (tertiary alicyclic amines) is 1. The summed E-state index contributed by atoms with van der Waals surface area (Å²) in [5.41, 5.74) is 12.2. The van der Waals surface area contributed by atoms with Crippen LogP contribution in [0, 0.1) is 11.8 Å². The first-order valence-corrected chi connectivity index (χ1v) is 15.4. The highest BCUT2D eigenvalue weighted by molar-refractivity contribution is 5.95. The van der Waals surface area contributed by atoms with Gasteiger partial charge in [-0.05, 0) is 74.6 Å². The number of hydrogen-bond donors (Lipinski definition) is 7. The lowest BCUT2D eigenvalue weighted by atomic mass is 10.00. The first kappa shape index (κ1) is 36.5. The number of aliphatic carboxylic acids is 1. The van der Waals surface area contributed by atoms with Gasteiger partial charge in [0.25, 0.3) is 0 Å². The number of nitrogens with zero attached hydrogens (tertiary/aromatic N) is 1. The van der Waals surface area contributed by atoms with Crippen molar-refractivity contribution in [2.75, 3.05) is 13.1 Å². The zero-order valence-corrected chi connectivity index (χ0v) is 26.3. The largest absolute Gasteiger partial charge is 0.508 e. The molecule has 44 heavy (non-hydrogen) atoms. The number of phenols is 1. The molecule has 0 radical (unpaired) electrons. The van der Waals surface area contributed by atoms with Crippen LogP contribution in [0.15, 0.2) is 24.3 Å². The molecule has 5 atom stereocenters. The van der Waals surface area contributed by atoms with Gasteiger partial charge in [0.05, 0.1) is 6.04 Å². The van der Waals surface area contributed by atoms with Gasteiger partial charge in [0, 0.05) is 13.0 Å². The van der Waals surface area contributed by atoms with Gasteiger partial charge in [0.1, 0.15) is 29.9 Å². The number of amides is 4. The molecule has 1 aliphatic rings. The van der Waals surface area contributed by atoms with Crippen molar-refractivity contribution in [2.45, 2.75) is 103 Å². The van der Waals surface area contributed by atoms with Crippen LogP contribution in [0.4, 0.5) is 0 Å². The average molecular weight is 619 g/mol. The van der Waals surface area contributed by atoms with Crippen molar-refractivity contribution in [3.63, 3.8) is 0 Å². The van der Waals surface area contributed by atoms with Crippen molar-refractivity contribution in [3.05, 3.63) is 29.8 Å². The second-order valence-corrected chi connectivity index (χ2v) is 12.3. The molecule has 0 bridgehead atoms. The number of rotatable bonds is 17. The molecule has 1 aromatic carbocycles. The Morgan fingerprint density at radius 2 is 1.55 bits per heavy atom. The maximum Gasteiger partial charge on any atom is 0.326 e. The molecule has 246 valence electrons. The normalized spacial score (nSPS) is 17.5. The molecule has 9 N–H and O–H groups in total. The molecule has 1 aliphatic heterocycles. The summed E-state index contributed by atoms with van der Waals surface area (Å²) in [4.78, 5) is 66.8. The zero-order chi connectivity index (χ0) is 33.0. The van der Waals surface area contributed by atoms with E-state index in [-0.39, 0.29) is 42.8 Å². The molecule has 2 rings (SSSR count). The second kappa shape index (κ2) is 17.6. The Bertz CT molecular complexity index is 1130. The minimum Gasteiger partial charge on any atom is -0.508 e. The minimum atomic E-state index is -1.18. The summed E-state index contributed by atoms with van der Waals surface area (Å²) in [5.74, 6) is -3.42. The standard InChI is InChI=1S/C31H50N6O7/c1-18(2)16-23(27(39)34-22(31(43)44)8-5-6-14-32)35-28(40)24(17-20-10-12-21(38)13-11-20)36-29(41)25-9-7-15-37(25)30(42)26(33)19(3)4/h10-13,18-19,22-26,38H,5-9,14-17,32-33H2,1-4H3,(H,34,39)(H,35,40)(H,36,41)(H,43,44)/t22-,23-,24-,25-,26-/m0/s1. The van der Waals surface area contributed by atoms with Crippen LogP contribution in [0.3, 0.4) is 0 Å². The molecule has 1 aromatic rings. The van der Waals surface area contributed by atoms with E-state index in [0.29, 0.717) is 44.3 Å². The number of carbonyl (C=O) groups excluding carboxylic acids is 4. The fourth-order valence-electron chi connectivity index (χ4n) is 5.12. The van der Waals surface area contributed by atoms with Crippen molar-refractivity contribution in [2.24, 2.45) is 23.3 Å². The molecule has 0 saturated carbocycles. The van der Waals surface area contributed by atoms with Gasteiger partial charge >= 0.3 is 5.97 Å². The van der Waals surface area contributed by atoms with Gasteiger partial charge in [0.2, 0.25) is 23.6 Å². The summed E-state index contributed by atoms with van der Waals surface area (Å²) in [5, 5.41) is 27.4. The topological polar surface area (TPSA) is 217 Å². The van der Waals surface area contributed by atoms with Crippen molar-refractivity contribution < 1.29 is 34.2 Å². The van der Waals surface area contributed by atoms with Crippen LogP contribution >= 0.6 is 0 Å². The molecule has 4 amide bonds. The number of aromatic hydroxyl groups is 1. The second-order valence-electron chi connectivity index (χ2n) is 12.3. The molecular formula is C31H50N6O7. The minimum absolute atomic E-state index is 0.0278. The lowest BCUT2D eigenvalue weighted by Crippen LogP contribution is -2.59. The number of hydrogen-bond acceptors (Lipinski definition) is 8. The molecule has 13 nitrogen and oxygen atoms in total. The summed E-state index contributed by atoms with van der Waals surface area (Å²) in [6.45, 7) is 8.16. The van der Waals surface area contributed by atoms with Gasteiger partial charge in [-0.25, -0.2) is 4.79 Å². The van der Waals surface area contributed by atoms with E-state index in [1.807, 2.05) is 27.7 Å². The van der Waals surface area contributed by atoms with Crippen LogP contribution < -0.4 is 27.4 Å². The maximum absolute atomic E-state index is 13.7. The van der Waals surface area contributed by atoms with Gasteiger partial charge in [-0.15, -0.1) is 0 Å². The third-order valence-electron chi connectivity index (χ3n) is 7.75. The number of carbonyl (C=O) groups is 5. The van der Waals surface area contributed by atoms with Crippen LogP contribution in [0.1, 0.15) is 71.8 Å². The van der Waals surface area contributed by atoms with Crippen molar-refractivity contribution in [3.8, 4) is 5.75 Å². The van der Waals surface area contributed by atoms with Crippen LogP contribution in [0.25, 0.3) is 0 Å². The van der Waals surface area contributed by atoms with E-state index in [1.54, 1.807) is 12.1 Å². The number of unbranched alkanes of at least 4 members (excludes halogenated alkanes) is 1. The van der Waals surface area contributed by atoms with E-state index in [0.717, 1.165) is 0 Å². The monoisotopic (exact) mass is 618 g/mol. The fraction of sp³-hybridized carbons (Fsp3) is 0.645. The Labute approximate surface area is 259 Å². The molecular weight excluding hydrogens is 568 g/mol. The zero-order valence-electron chi connectivity index (χ0n) is 26.3. The molecule has 0 unspecified atom stereocenters. The summed E-state index contributed by atoms with van der Waals surface area (Å²) >= 11 is 0. The molecule has 1 heterocycles. The van der Waals surface area contributed by atoms with Gasteiger partial charge < -0.3 is 42.5 Å². The van der Waals surface area contributed by atoms with Gasteiger partial charge in [-0.2, -0.15) is 0 Å². The van der Waals surface area contributed by atoms with E-state index < -0.39 is 53.9 Å². The quantitative estimate of drug-likeness (QED) is 0.122. The molecule has 13 heteroatoms. The highest BCUT2D eigenvalue weighted by atomic mass is 16.4. The smallest absolute Gasteiger partial charge is 0.326 e. The summed E-state index contributed by atoms with van der Waals surface area (Å²) < 4.78 is 0. The Morgan fingerprint density at radius 1 is 0.932 bits per heavy atom. The average Bonchev–Trinajstić information content (AvgIpc) is 3.46. The molecule has 1 saturated heterocycles. The number of nitrogens with one attached hydrogen (secondary N) is 3. The van der Waals surface area contributed by atoms with E-state index in [1.165, 1.54) is 17.0 Å². The van der Waals surface area contributed by atoms with Gasteiger partial charge in [0.15, 0.2) is 0 Å². The number of nitrogens with two attached hydrogens (primary N) is 2. The van der Waals surface area contributed by atoms with Crippen LogP contribution in [-0.2, 0) is 30.4 Å². The third-order valence-corrected chi connectivity index (χ3v) is 7.75. The Hall–Kier alpha value is -3.71. The Morgan fingerprint density at radius 3 is 2.11 bits per heavy atom. The maximum atomic E-state index is 13.7. The van der Waals surface area contributed by atoms with Crippen LogP contribution in [0.2, 0.25) is 0 Å². The van der Waals surface area contributed by atoms with Crippen molar-refractivity contribution >= 4 is 29.6 Å². The lowest BCUT2D eigenvalue weighted by molar-refractivity contribution is -0.142. The number of phenolic OH excluding ortho intramolecular Hbond substituents is 1. The predicted octanol–water partition coefficient (Wildman–Crippen LogP) is 0.623. The third kappa shape index (κ3) is 11.1. The van der Waals surface area contributed by atoms with E-state index >= 15 is 0 Å². The highest BCUT2D eigenvalue weighted by Crippen LogP contribution is 2.21. The van der Waals surface area contributed by atoms with E-state index in [2.05, 4.69) is 16.0 Å².